The number of hydrogen-bond donors (Lipinski definition) is 2. The van der Waals surface area contributed by atoms with Crippen molar-refractivity contribution in [3.63, 3.8) is 0 Å². The van der Waals surface area contributed by atoms with E-state index in [1.807, 2.05) is 50.2 Å². The molecule has 3 N–H and O–H groups in total. The minimum Gasteiger partial charge on any atom is -0.497 e. The summed E-state index contributed by atoms with van der Waals surface area (Å²) in [5.74, 6) is 1.61. The molecule has 0 unspecified atom stereocenters. The van der Waals surface area contributed by atoms with Crippen LogP contribution in [-0.2, 0) is 0 Å². The van der Waals surface area contributed by atoms with Crippen molar-refractivity contribution < 1.29 is 9.47 Å². The average Bonchev–Trinajstić information content (AvgIpc) is 2.41. The topological polar surface area (TPSA) is 56.5 Å². The van der Waals surface area contributed by atoms with E-state index >= 15 is 0 Å². The Bertz CT molecular complexity index is 597. The van der Waals surface area contributed by atoms with Gasteiger partial charge in [0, 0.05) is 29.2 Å². The quantitative estimate of drug-likeness (QED) is 0.814. The predicted molar refractivity (Wildman–Crippen MR) is 83.0 cm³/mol. The molecule has 2 rings (SSSR count). The Hall–Kier alpha value is -2.36. The number of aryl methyl sites for hydroxylation is 1. The van der Waals surface area contributed by atoms with Gasteiger partial charge in [-0.1, -0.05) is 0 Å². The standard InChI is InChI=1S/C16H20N2O2/c1-4-20-15-9-12(17)8-13(10-15)18-16-6-5-14(19-3)7-11(16)2/h5-10,18H,4,17H2,1-3H3. The Kier molecular flexibility index (Phi) is 4.35. The van der Waals surface area contributed by atoms with Gasteiger partial charge in [-0.15, -0.1) is 0 Å². The van der Waals surface area contributed by atoms with Crippen LogP contribution in [0.1, 0.15) is 12.5 Å². The Morgan fingerprint density at radius 3 is 2.55 bits per heavy atom. The normalized spacial score (nSPS) is 10.2. The second kappa shape index (κ2) is 6.19. The lowest BCUT2D eigenvalue weighted by atomic mass is 10.1. The van der Waals surface area contributed by atoms with Crippen molar-refractivity contribution in [1.29, 1.82) is 0 Å². The molecule has 2 aromatic rings. The van der Waals surface area contributed by atoms with E-state index in [1.54, 1.807) is 7.11 Å². The molecule has 0 fully saturated rings. The largest absolute Gasteiger partial charge is 0.497 e. The van der Waals surface area contributed by atoms with E-state index < -0.39 is 0 Å². The van der Waals surface area contributed by atoms with Crippen molar-refractivity contribution >= 4 is 17.1 Å². The smallest absolute Gasteiger partial charge is 0.123 e. The van der Waals surface area contributed by atoms with Crippen LogP contribution in [0.2, 0.25) is 0 Å². The molecule has 4 nitrogen and oxygen atoms in total. The molecule has 0 heterocycles. The molecule has 0 aromatic heterocycles. The van der Waals surface area contributed by atoms with Gasteiger partial charge in [0.05, 0.1) is 13.7 Å². The van der Waals surface area contributed by atoms with Crippen molar-refractivity contribution in [3.8, 4) is 11.5 Å². The van der Waals surface area contributed by atoms with Crippen LogP contribution in [0.5, 0.6) is 11.5 Å². The van der Waals surface area contributed by atoms with Gasteiger partial charge in [-0.3, -0.25) is 0 Å². The molecule has 20 heavy (non-hydrogen) atoms. The number of anilines is 3. The SMILES string of the molecule is CCOc1cc(N)cc(Nc2ccc(OC)cc2C)c1. The summed E-state index contributed by atoms with van der Waals surface area (Å²) in [4.78, 5) is 0. The highest BCUT2D eigenvalue weighted by molar-refractivity contribution is 5.68. The number of nitrogen functional groups attached to an aromatic ring is 1. The molecular formula is C16H20N2O2. The van der Waals surface area contributed by atoms with Gasteiger partial charge in [0.15, 0.2) is 0 Å². The lowest BCUT2D eigenvalue weighted by Crippen LogP contribution is -1.98. The van der Waals surface area contributed by atoms with Gasteiger partial charge in [-0.2, -0.15) is 0 Å². The molecule has 0 spiro atoms. The van der Waals surface area contributed by atoms with Crippen LogP contribution in [0, 0.1) is 6.92 Å². The third kappa shape index (κ3) is 3.35. The van der Waals surface area contributed by atoms with Gasteiger partial charge in [0.2, 0.25) is 0 Å². The minimum absolute atomic E-state index is 0.616. The van der Waals surface area contributed by atoms with Crippen molar-refractivity contribution in [3.05, 3.63) is 42.0 Å². The Morgan fingerprint density at radius 2 is 1.90 bits per heavy atom. The van der Waals surface area contributed by atoms with E-state index in [9.17, 15) is 0 Å². The van der Waals surface area contributed by atoms with Gasteiger partial charge in [-0.05, 0) is 43.7 Å². The zero-order valence-electron chi connectivity index (χ0n) is 12.1. The fourth-order valence-corrected chi connectivity index (χ4v) is 2.00. The summed E-state index contributed by atoms with van der Waals surface area (Å²) in [6.45, 7) is 4.59. The number of nitrogens with one attached hydrogen (secondary N) is 1. The highest BCUT2D eigenvalue weighted by atomic mass is 16.5. The van der Waals surface area contributed by atoms with Crippen LogP contribution >= 0.6 is 0 Å². The van der Waals surface area contributed by atoms with Crippen molar-refractivity contribution in [2.45, 2.75) is 13.8 Å². The number of rotatable bonds is 5. The molecule has 0 saturated carbocycles. The summed E-state index contributed by atoms with van der Waals surface area (Å²) >= 11 is 0. The first-order valence-corrected chi connectivity index (χ1v) is 6.57. The minimum atomic E-state index is 0.616. The molecule has 0 atom stereocenters. The number of hydrogen-bond acceptors (Lipinski definition) is 4. The number of benzene rings is 2. The summed E-state index contributed by atoms with van der Waals surface area (Å²) in [7, 11) is 1.66. The summed E-state index contributed by atoms with van der Waals surface area (Å²) in [6, 6.07) is 11.5. The van der Waals surface area contributed by atoms with Gasteiger partial charge < -0.3 is 20.5 Å². The van der Waals surface area contributed by atoms with Crippen molar-refractivity contribution in [2.75, 3.05) is 24.8 Å². The first kappa shape index (κ1) is 14.1. The molecule has 106 valence electrons. The lowest BCUT2D eigenvalue weighted by molar-refractivity contribution is 0.340. The monoisotopic (exact) mass is 272 g/mol. The number of ether oxygens (including phenoxy) is 2. The Morgan fingerprint density at radius 1 is 1.10 bits per heavy atom. The van der Waals surface area contributed by atoms with Crippen LogP contribution in [0.4, 0.5) is 17.1 Å². The van der Waals surface area contributed by atoms with E-state index in [4.69, 9.17) is 15.2 Å². The third-order valence-electron chi connectivity index (χ3n) is 2.95. The van der Waals surface area contributed by atoms with E-state index in [0.717, 1.165) is 28.4 Å². The van der Waals surface area contributed by atoms with Crippen molar-refractivity contribution in [1.82, 2.24) is 0 Å². The number of methoxy groups -OCH3 is 1. The van der Waals surface area contributed by atoms with E-state index in [-0.39, 0.29) is 0 Å². The predicted octanol–water partition coefficient (Wildman–Crippen LogP) is 3.73. The van der Waals surface area contributed by atoms with Gasteiger partial charge in [-0.25, -0.2) is 0 Å². The van der Waals surface area contributed by atoms with E-state index in [2.05, 4.69) is 5.32 Å². The molecule has 0 bridgehead atoms. The second-order valence-corrected chi connectivity index (χ2v) is 4.53. The molecule has 0 aliphatic carbocycles. The van der Waals surface area contributed by atoms with E-state index in [1.165, 1.54) is 0 Å². The fraction of sp³-hybridized carbons (Fsp3) is 0.250. The van der Waals surface area contributed by atoms with Crippen molar-refractivity contribution in [2.24, 2.45) is 0 Å². The highest BCUT2D eigenvalue weighted by Gasteiger charge is 2.04. The maximum Gasteiger partial charge on any atom is 0.123 e. The maximum absolute atomic E-state index is 5.89. The molecule has 0 aliphatic rings. The molecule has 2 aromatic carbocycles. The van der Waals surface area contributed by atoms with Crippen LogP contribution in [0.15, 0.2) is 36.4 Å². The molecule has 0 aliphatic heterocycles. The molecule has 4 heteroatoms. The van der Waals surface area contributed by atoms with Gasteiger partial charge in [0.1, 0.15) is 11.5 Å². The first-order chi connectivity index (χ1) is 9.62. The molecular weight excluding hydrogens is 252 g/mol. The fourth-order valence-electron chi connectivity index (χ4n) is 2.00. The zero-order chi connectivity index (χ0) is 14.5. The van der Waals surface area contributed by atoms with Crippen LogP contribution in [-0.4, -0.2) is 13.7 Å². The Labute approximate surface area is 119 Å². The van der Waals surface area contributed by atoms with E-state index in [0.29, 0.717) is 12.3 Å². The first-order valence-electron chi connectivity index (χ1n) is 6.57. The summed E-state index contributed by atoms with van der Waals surface area (Å²) in [5, 5.41) is 3.35. The Balaban J connectivity index is 2.25. The molecule has 0 amide bonds. The van der Waals surface area contributed by atoms with Crippen LogP contribution in [0.3, 0.4) is 0 Å². The third-order valence-corrected chi connectivity index (χ3v) is 2.95. The zero-order valence-corrected chi connectivity index (χ0v) is 12.1. The van der Waals surface area contributed by atoms with Gasteiger partial charge in [0.25, 0.3) is 0 Å². The van der Waals surface area contributed by atoms with Crippen LogP contribution < -0.4 is 20.5 Å². The second-order valence-electron chi connectivity index (χ2n) is 4.53. The van der Waals surface area contributed by atoms with Crippen LogP contribution in [0.25, 0.3) is 0 Å². The summed E-state index contributed by atoms with van der Waals surface area (Å²) in [6.07, 6.45) is 0. The molecule has 0 saturated heterocycles. The summed E-state index contributed by atoms with van der Waals surface area (Å²) in [5.41, 5.74) is 9.58. The molecule has 0 radical (unpaired) electrons. The number of nitrogens with two attached hydrogens (primary N) is 1. The van der Waals surface area contributed by atoms with Gasteiger partial charge >= 0.3 is 0 Å². The lowest BCUT2D eigenvalue weighted by Gasteiger charge is -2.13. The average molecular weight is 272 g/mol. The summed E-state index contributed by atoms with van der Waals surface area (Å²) < 4.78 is 10.7. The maximum atomic E-state index is 5.89. The highest BCUT2D eigenvalue weighted by Crippen LogP contribution is 2.28.